The highest BCUT2D eigenvalue weighted by Crippen LogP contribution is 2.50. The SMILES string of the molecule is CCC1(COC)C(=O)C(=O)CC1(C)C. The van der Waals surface area contributed by atoms with Gasteiger partial charge in [-0.1, -0.05) is 20.8 Å². The van der Waals surface area contributed by atoms with E-state index in [-0.39, 0.29) is 17.0 Å². The minimum Gasteiger partial charge on any atom is -0.384 e. The molecular formula is C11H18O3. The molecule has 3 nitrogen and oxygen atoms in total. The van der Waals surface area contributed by atoms with E-state index >= 15 is 0 Å². The third-order valence-corrected chi connectivity index (χ3v) is 3.58. The predicted octanol–water partition coefficient (Wildman–Crippen LogP) is 1.60. The van der Waals surface area contributed by atoms with Crippen LogP contribution in [0.3, 0.4) is 0 Å². The fraction of sp³-hybridized carbons (Fsp3) is 0.818. The second-order valence-corrected chi connectivity index (χ2v) is 4.68. The van der Waals surface area contributed by atoms with Crippen molar-refractivity contribution in [1.29, 1.82) is 0 Å². The van der Waals surface area contributed by atoms with Crippen LogP contribution >= 0.6 is 0 Å². The molecule has 0 N–H and O–H groups in total. The quantitative estimate of drug-likeness (QED) is 0.647. The van der Waals surface area contributed by atoms with Crippen molar-refractivity contribution in [3.05, 3.63) is 0 Å². The highest BCUT2D eigenvalue weighted by Gasteiger charge is 2.58. The number of hydrogen-bond donors (Lipinski definition) is 0. The molecule has 1 atom stereocenters. The topological polar surface area (TPSA) is 43.4 Å². The Morgan fingerprint density at radius 2 is 1.93 bits per heavy atom. The minimum absolute atomic E-state index is 0.242. The van der Waals surface area contributed by atoms with Crippen LogP contribution in [-0.4, -0.2) is 25.3 Å². The normalized spacial score (nSPS) is 31.1. The molecule has 0 radical (unpaired) electrons. The Hall–Kier alpha value is -0.700. The van der Waals surface area contributed by atoms with Crippen LogP contribution in [-0.2, 0) is 14.3 Å². The Kier molecular flexibility index (Phi) is 2.81. The van der Waals surface area contributed by atoms with Gasteiger partial charge >= 0.3 is 0 Å². The summed E-state index contributed by atoms with van der Waals surface area (Å²) in [5.41, 5.74) is -0.870. The largest absolute Gasteiger partial charge is 0.384 e. The van der Waals surface area contributed by atoms with Crippen molar-refractivity contribution in [1.82, 2.24) is 0 Å². The molecule has 80 valence electrons. The summed E-state index contributed by atoms with van der Waals surface area (Å²) in [7, 11) is 1.57. The number of ketones is 2. The van der Waals surface area contributed by atoms with Gasteiger partial charge in [-0.05, 0) is 11.8 Å². The molecule has 0 heterocycles. The van der Waals surface area contributed by atoms with Crippen LogP contribution in [0.4, 0.5) is 0 Å². The first-order chi connectivity index (χ1) is 6.41. The van der Waals surface area contributed by atoms with Crippen molar-refractivity contribution in [3.8, 4) is 0 Å². The molecule has 1 aliphatic carbocycles. The minimum atomic E-state index is -0.598. The summed E-state index contributed by atoms with van der Waals surface area (Å²) in [6, 6.07) is 0. The molecule has 1 fully saturated rings. The van der Waals surface area contributed by atoms with Gasteiger partial charge in [0, 0.05) is 13.5 Å². The van der Waals surface area contributed by atoms with E-state index in [1.54, 1.807) is 7.11 Å². The zero-order valence-electron chi connectivity index (χ0n) is 9.35. The van der Waals surface area contributed by atoms with Crippen molar-refractivity contribution in [2.75, 3.05) is 13.7 Å². The molecule has 3 heteroatoms. The third kappa shape index (κ3) is 1.31. The molecule has 0 amide bonds. The van der Waals surface area contributed by atoms with Crippen LogP contribution in [0.1, 0.15) is 33.6 Å². The van der Waals surface area contributed by atoms with E-state index < -0.39 is 5.41 Å². The molecule has 14 heavy (non-hydrogen) atoms. The van der Waals surface area contributed by atoms with Crippen LogP contribution in [0.2, 0.25) is 0 Å². The van der Waals surface area contributed by atoms with Gasteiger partial charge in [-0.3, -0.25) is 9.59 Å². The number of carbonyl (C=O) groups excluding carboxylic acids is 2. The highest BCUT2D eigenvalue weighted by atomic mass is 16.5. The molecule has 0 saturated heterocycles. The van der Waals surface area contributed by atoms with Gasteiger partial charge in [0.2, 0.25) is 5.78 Å². The average molecular weight is 198 g/mol. The van der Waals surface area contributed by atoms with Crippen LogP contribution in [0.15, 0.2) is 0 Å². The average Bonchev–Trinajstić information content (AvgIpc) is 2.26. The van der Waals surface area contributed by atoms with Crippen molar-refractivity contribution < 1.29 is 14.3 Å². The molecule has 1 rings (SSSR count). The standard InChI is InChI=1S/C11H18O3/c1-5-11(7-14-4)9(13)8(12)6-10(11,2)3/h5-7H2,1-4H3. The van der Waals surface area contributed by atoms with Gasteiger partial charge in [-0.2, -0.15) is 0 Å². The first-order valence-corrected chi connectivity index (χ1v) is 4.98. The van der Waals surface area contributed by atoms with Crippen molar-refractivity contribution in [3.63, 3.8) is 0 Å². The second-order valence-electron chi connectivity index (χ2n) is 4.68. The number of Topliss-reactive ketones (excluding diaryl/α,β-unsaturated/α-hetero) is 2. The first-order valence-electron chi connectivity index (χ1n) is 4.98. The van der Waals surface area contributed by atoms with Crippen molar-refractivity contribution in [2.45, 2.75) is 33.6 Å². The molecular weight excluding hydrogens is 180 g/mol. The van der Waals surface area contributed by atoms with E-state index in [2.05, 4.69) is 0 Å². The summed E-state index contributed by atoms with van der Waals surface area (Å²) in [6.07, 6.45) is 1.02. The van der Waals surface area contributed by atoms with Gasteiger partial charge in [-0.15, -0.1) is 0 Å². The fourth-order valence-electron chi connectivity index (χ4n) is 2.47. The van der Waals surface area contributed by atoms with Gasteiger partial charge in [0.15, 0.2) is 5.78 Å². The molecule has 1 saturated carbocycles. The van der Waals surface area contributed by atoms with Gasteiger partial charge in [-0.25, -0.2) is 0 Å². The Labute approximate surface area is 84.8 Å². The third-order valence-electron chi connectivity index (χ3n) is 3.58. The van der Waals surface area contributed by atoms with E-state index in [1.807, 2.05) is 20.8 Å². The van der Waals surface area contributed by atoms with Crippen LogP contribution in [0.25, 0.3) is 0 Å². The Balaban J connectivity index is 3.13. The van der Waals surface area contributed by atoms with Gasteiger partial charge < -0.3 is 4.74 Å². The van der Waals surface area contributed by atoms with E-state index in [0.29, 0.717) is 19.4 Å². The molecule has 0 spiro atoms. The summed E-state index contributed by atoms with van der Waals surface area (Å²) >= 11 is 0. The Morgan fingerprint density at radius 1 is 1.36 bits per heavy atom. The second kappa shape index (κ2) is 3.46. The molecule has 0 aromatic heterocycles. The van der Waals surface area contributed by atoms with Gasteiger partial charge in [0.25, 0.3) is 0 Å². The molecule has 0 aromatic carbocycles. The molecule has 0 aliphatic heterocycles. The van der Waals surface area contributed by atoms with Crippen LogP contribution < -0.4 is 0 Å². The first kappa shape index (κ1) is 11.4. The number of rotatable bonds is 3. The molecule has 0 aromatic rings. The lowest BCUT2D eigenvalue weighted by molar-refractivity contribution is -0.142. The van der Waals surface area contributed by atoms with Crippen molar-refractivity contribution >= 4 is 11.6 Å². The molecule has 1 aliphatic rings. The zero-order chi connectivity index (χ0) is 11.0. The van der Waals surface area contributed by atoms with E-state index in [0.717, 1.165) is 0 Å². The maximum Gasteiger partial charge on any atom is 0.207 e. The van der Waals surface area contributed by atoms with Crippen LogP contribution in [0, 0.1) is 10.8 Å². The van der Waals surface area contributed by atoms with E-state index in [9.17, 15) is 9.59 Å². The Morgan fingerprint density at radius 3 is 2.21 bits per heavy atom. The number of carbonyl (C=O) groups is 2. The lowest BCUT2D eigenvalue weighted by Gasteiger charge is -2.37. The lowest BCUT2D eigenvalue weighted by atomic mass is 9.66. The summed E-state index contributed by atoms with van der Waals surface area (Å²) in [5.74, 6) is -0.485. The zero-order valence-corrected chi connectivity index (χ0v) is 9.35. The van der Waals surface area contributed by atoms with Gasteiger partial charge in [0.05, 0.1) is 12.0 Å². The summed E-state index contributed by atoms with van der Waals surface area (Å²) in [4.78, 5) is 23.3. The van der Waals surface area contributed by atoms with E-state index in [4.69, 9.17) is 4.74 Å². The molecule has 0 bridgehead atoms. The summed E-state index contributed by atoms with van der Waals surface area (Å²) in [5, 5.41) is 0. The summed E-state index contributed by atoms with van der Waals surface area (Å²) < 4.78 is 5.10. The predicted molar refractivity (Wildman–Crippen MR) is 53.0 cm³/mol. The molecule has 1 unspecified atom stereocenters. The highest BCUT2D eigenvalue weighted by molar-refractivity contribution is 6.41. The van der Waals surface area contributed by atoms with E-state index in [1.165, 1.54) is 0 Å². The maximum absolute atomic E-state index is 11.8. The monoisotopic (exact) mass is 198 g/mol. The Bertz CT molecular complexity index is 268. The lowest BCUT2D eigenvalue weighted by Crippen LogP contribution is -2.42. The number of ether oxygens (including phenoxy) is 1. The fourth-order valence-corrected chi connectivity index (χ4v) is 2.47. The summed E-state index contributed by atoms with van der Waals surface area (Å²) in [6.45, 7) is 6.23. The number of methoxy groups -OCH3 is 1. The van der Waals surface area contributed by atoms with Crippen LogP contribution in [0.5, 0.6) is 0 Å². The number of hydrogen-bond acceptors (Lipinski definition) is 3. The maximum atomic E-state index is 11.8. The smallest absolute Gasteiger partial charge is 0.207 e. The van der Waals surface area contributed by atoms with Crippen molar-refractivity contribution in [2.24, 2.45) is 10.8 Å². The van der Waals surface area contributed by atoms with Gasteiger partial charge in [0.1, 0.15) is 0 Å².